The smallest absolute Gasteiger partial charge is 0.337 e. The Balaban J connectivity index is 1.91. The lowest BCUT2D eigenvalue weighted by Gasteiger charge is -2.33. The topological polar surface area (TPSA) is 37.6 Å². The van der Waals surface area contributed by atoms with Gasteiger partial charge in [-0.1, -0.05) is 17.8 Å². The van der Waals surface area contributed by atoms with Gasteiger partial charge in [0.15, 0.2) is 10.9 Å². The van der Waals surface area contributed by atoms with Crippen LogP contribution in [0.3, 0.4) is 0 Å². The van der Waals surface area contributed by atoms with Crippen LogP contribution in [0.15, 0.2) is 29.6 Å². The van der Waals surface area contributed by atoms with Gasteiger partial charge < -0.3 is 4.90 Å². The minimum absolute atomic E-state index is 0.0767. The van der Waals surface area contributed by atoms with Crippen molar-refractivity contribution in [2.24, 2.45) is 5.92 Å². The highest BCUT2D eigenvalue weighted by Crippen LogP contribution is 2.34. The first kappa shape index (κ1) is 16.2. The van der Waals surface area contributed by atoms with Crippen molar-refractivity contribution in [3.05, 3.63) is 30.1 Å². The summed E-state index contributed by atoms with van der Waals surface area (Å²) in [6, 6.07) is 5.36. The Morgan fingerprint density at radius 1 is 1.39 bits per heavy atom. The summed E-state index contributed by atoms with van der Waals surface area (Å²) >= 11 is 1.39. The average molecular weight is 343 g/mol. The van der Waals surface area contributed by atoms with Crippen molar-refractivity contribution in [1.29, 1.82) is 0 Å². The molecule has 0 aliphatic carbocycles. The predicted molar refractivity (Wildman–Crippen MR) is 81.7 cm³/mol. The molecule has 1 atom stereocenters. The number of carbonyl (C=O) groups is 1. The number of hydrogen-bond acceptors (Lipinski definition) is 3. The van der Waals surface area contributed by atoms with Crippen molar-refractivity contribution in [1.82, 2.24) is 14.3 Å². The minimum Gasteiger partial charge on any atom is -0.337 e. The van der Waals surface area contributed by atoms with Crippen LogP contribution >= 0.6 is 11.8 Å². The number of piperidine rings is 1. The largest absolute Gasteiger partial charge is 0.393 e. The van der Waals surface area contributed by atoms with Crippen LogP contribution in [-0.2, 0) is 0 Å². The molecule has 124 valence electrons. The lowest BCUT2D eigenvalue weighted by Crippen LogP contribution is -2.44. The van der Waals surface area contributed by atoms with Crippen LogP contribution < -0.4 is 0 Å². The van der Waals surface area contributed by atoms with Crippen LogP contribution in [0.25, 0.3) is 5.52 Å². The first-order valence-electron chi connectivity index (χ1n) is 7.29. The molecular weight excluding hydrogens is 327 g/mol. The van der Waals surface area contributed by atoms with E-state index in [0.717, 1.165) is 0 Å². The van der Waals surface area contributed by atoms with E-state index in [1.807, 2.05) is 12.3 Å². The number of nitrogens with zero attached hydrogens (tertiary/aromatic N) is 3. The summed E-state index contributed by atoms with van der Waals surface area (Å²) in [6.45, 7) is 0.0503. The Hall–Kier alpha value is -1.70. The fraction of sp³-hybridized carbons (Fsp3) is 0.467. The lowest BCUT2D eigenvalue weighted by molar-refractivity contribution is -0.184. The van der Waals surface area contributed by atoms with E-state index >= 15 is 0 Å². The van der Waals surface area contributed by atoms with Gasteiger partial charge in [-0.3, -0.25) is 9.20 Å². The van der Waals surface area contributed by atoms with E-state index in [1.165, 1.54) is 16.7 Å². The SMILES string of the molecule is CSc1nc(C(=O)N2CCCC(C(F)(F)F)C2)c2ccccn12. The molecule has 2 aromatic heterocycles. The predicted octanol–water partition coefficient (Wildman–Crippen LogP) is 3.47. The molecule has 4 nitrogen and oxygen atoms in total. The maximum absolute atomic E-state index is 12.9. The van der Waals surface area contributed by atoms with Crippen LogP contribution in [0.4, 0.5) is 13.2 Å². The highest BCUT2D eigenvalue weighted by atomic mass is 32.2. The third kappa shape index (κ3) is 3.04. The summed E-state index contributed by atoms with van der Waals surface area (Å²) < 4.78 is 40.6. The van der Waals surface area contributed by atoms with Gasteiger partial charge in [-0.15, -0.1) is 0 Å². The second-order valence-electron chi connectivity index (χ2n) is 5.53. The second kappa shape index (κ2) is 6.07. The van der Waals surface area contributed by atoms with Gasteiger partial charge in [0.25, 0.3) is 5.91 Å². The Morgan fingerprint density at radius 3 is 2.87 bits per heavy atom. The average Bonchev–Trinajstić information content (AvgIpc) is 2.92. The van der Waals surface area contributed by atoms with E-state index < -0.39 is 18.0 Å². The molecule has 3 rings (SSSR count). The molecule has 0 aromatic carbocycles. The van der Waals surface area contributed by atoms with Crippen molar-refractivity contribution in [3.8, 4) is 0 Å². The van der Waals surface area contributed by atoms with Crippen LogP contribution in [0.1, 0.15) is 23.3 Å². The monoisotopic (exact) mass is 343 g/mol. The molecule has 0 saturated carbocycles. The van der Waals surface area contributed by atoms with Crippen LogP contribution in [0.2, 0.25) is 0 Å². The zero-order valence-electron chi connectivity index (χ0n) is 12.5. The standard InChI is InChI=1S/C15H16F3N3OS/c1-23-14-19-12(11-6-2-3-8-21(11)14)13(22)20-7-4-5-10(9-20)15(16,17)18/h2-3,6,8,10H,4-5,7,9H2,1H3. The Labute approximate surface area is 135 Å². The van der Waals surface area contributed by atoms with Gasteiger partial charge in [0.2, 0.25) is 0 Å². The molecule has 0 bridgehead atoms. The molecule has 0 N–H and O–H groups in total. The maximum atomic E-state index is 12.9. The van der Waals surface area contributed by atoms with E-state index in [0.29, 0.717) is 23.6 Å². The van der Waals surface area contributed by atoms with Crippen molar-refractivity contribution in [3.63, 3.8) is 0 Å². The zero-order chi connectivity index (χ0) is 16.6. The maximum Gasteiger partial charge on any atom is 0.393 e. The number of rotatable bonds is 2. The molecule has 1 aliphatic rings. The van der Waals surface area contributed by atoms with Crippen molar-refractivity contribution >= 4 is 23.2 Å². The fourth-order valence-electron chi connectivity index (χ4n) is 2.89. The van der Waals surface area contributed by atoms with Gasteiger partial charge in [0.05, 0.1) is 11.4 Å². The summed E-state index contributed by atoms with van der Waals surface area (Å²) in [4.78, 5) is 18.3. The molecule has 8 heteroatoms. The van der Waals surface area contributed by atoms with Gasteiger partial charge >= 0.3 is 6.18 Å². The number of imidazole rings is 1. The molecule has 3 heterocycles. The lowest BCUT2D eigenvalue weighted by atomic mass is 9.97. The number of thioether (sulfide) groups is 1. The van der Waals surface area contributed by atoms with E-state index in [2.05, 4.69) is 4.98 Å². The highest BCUT2D eigenvalue weighted by Gasteiger charge is 2.43. The Kier molecular flexibility index (Phi) is 4.27. The van der Waals surface area contributed by atoms with Crippen molar-refractivity contribution < 1.29 is 18.0 Å². The summed E-state index contributed by atoms with van der Waals surface area (Å²) in [7, 11) is 0. The van der Waals surface area contributed by atoms with Crippen LogP contribution in [-0.4, -0.2) is 45.7 Å². The van der Waals surface area contributed by atoms with Gasteiger partial charge in [-0.2, -0.15) is 13.2 Å². The third-order valence-electron chi connectivity index (χ3n) is 4.07. The number of hydrogen-bond donors (Lipinski definition) is 0. The summed E-state index contributed by atoms with van der Waals surface area (Å²) in [6.07, 6.45) is -0.194. The number of pyridine rings is 1. The molecule has 0 radical (unpaired) electrons. The van der Waals surface area contributed by atoms with E-state index in [-0.39, 0.29) is 18.7 Å². The quantitative estimate of drug-likeness (QED) is 0.784. The second-order valence-corrected chi connectivity index (χ2v) is 6.31. The van der Waals surface area contributed by atoms with Crippen molar-refractivity contribution in [2.75, 3.05) is 19.3 Å². The molecule has 1 saturated heterocycles. The normalized spacial score (nSPS) is 19.3. The molecule has 0 spiro atoms. The Bertz CT molecular complexity index is 728. The number of carbonyl (C=O) groups excluding carboxylic acids is 1. The number of alkyl halides is 3. The highest BCUT2D eigenvalue weighted by molar-refractivity contribution is 7.98. The molecule has 1 aliphatic heterocycles. The van der Waals surface area contributed by atoms with E-state index in [9.17, 15) is 18.0 Å². The number of likely N-dealkylation sites (tertiary alicyclic amines) is 1. The number of aromatic nitrogens is 2. The minimum atomic E-state index is -4.26. The number of fused-ring (bicyclic) bond motifs is 1. The summed E-state index contributed by atoms with van der Waals surface area (Å²) in [5, 5.41) is 0.647. The van der Waals surface area contributed by atoms with Gasteiger partial charge in [-0.25, -0.2) is 4.98 Å². The molecule has 1 amide bonds. The van der Waals surface area contributed by atoms with Gasteiger partial charge in [-0.05, 0) is 31.2 Å². The third-order valence-corrected chi connectivity index (χ3v) is 4.73. The molecule has 23 heavy (non-hydrogen) atoms. The summed E-state index contributed by atoms with van der Waals surface area (Å²) in [5.41, 5.74) is 0.841. The van der Waals surface area contributed by atoms with Gasteiger partial charge in [0, 0.05) is 19.3 Å². The number of amides is 1. The van der Waals surface area contributed by atoms with Gasteiger partial charge in [0.1, 0.15) is 0 Å². The zero-order valence-corrected chi connectivity index (χ0v) is 13.3. The van der Waals surface area contributed by atoms with E-state index in [1.54, 1.807) is 22.7 Å². The first-order valence-corrected chi connectivity index (χ1v) is 8.51. The molecule has 1 fully saturated rings. The molecule has 2 aromatic rings. The first-order chi connectivity index (χ1) is 10.9. The number of halogens is 3. The van der Waals surface area contributed by atoms with Crippen LogP contribution in [0, 0.1) is 5.92 Å². The van der Waals surface area contributed by atoms with Crippen molar-refractivity contribution in [2.45, 2.75) is 24.2 Å². The summed E-state index contributed by atoms with van der Waals surface area (Å²) in [5.74, 6) is -1.88. The van der Waals surface area contributed by atoms with E-state index in [4.69, 9.17) is 0 Å². The fourth-order valence-corrected chi connectivity index (χ4v) is 3.43. The van der Waals surface area contributed by atoms with Crippen LogP contribution in [0.5, 0.6) is 0 Å². The molecular formula is C15H16F3N3OS. The molecule has 1 unspecified atom stereocenters. The Morgan fingerprint density at radius 2 is 2.17 bits per heavy atom.